The van der Waals surface area contributed by atoms with Gasteiger partial charge in [0, 0.05) is 11.8 Å². The van der Waals surface area contributed by atoms with E-state index in [1.165, 1.54) is 6.92 Å². The highest BCUT2D eigenvalue weighted by atomic mass is 19.1. The van der Waals surface area contributed by atoms with Crippen LogP contribution in [-0.2, 0) is 6.54 Å². The van der Waals surface area contributed by atoms with Gasteiger partial charge in [-0.05, 0) is 32.0 Å². The van der Waals surface area contributed by atoms with Gasteiger partial charge in [-0.15, -0.1) is 5.10 Å². The van der Waals surface area contributed by atoms with E-state index >= 15 is 0 Å². The van der Waals surface area contributed by atoms with Crippen molar-refractivity contribution in [2.24, 2.45) is 0 Å². The van der Waals surface area contributed by atoms with Crippen LogP contribution in [0.5, 0.6) is 0 Å². The number of anilines is 1. The average molecular weight is 325 g/mol. The van der Waals surface area contributed by atoms with E-state index in [-0.39, 0.29) is 12.5 Å². The molecule has 24 heavy (non-hydrogen) atoms. The number of halogens is 1. The minimum atomic E-state index is -0.974. The van der Waals surface area contributed by atoms with Gasteiger partial charge in [-0.3, -0.25) is 0 Å². The lowest BCUT2D eigenvalue weighted by Crippen LogP contribution is -2.09. The maximum atomic E-state index is 13.5. The smallest absolute Gasteiger partial charge is 0.238 e. The molecule has 0 spiro atoms. The molecule has 2 N–H and O–H groups in total. The van der Waals surface area contributed by atoms with Crippen LogP contribution in [0.15, 0.2) is 30.6 Å². The summed E-state index contributed by atoms with van der Waals surface area (Å²) >= 11 is 0. The summed E-state index contributed by atoms with van der Waals surface area (Å²) in [6, 6.07) is 5.69. The largest absolute Gasteiger partial charge is 0.367 e. The molecule has 1 atom stereocenters. The standard InChI is InChI=1S/C16H16FN7/c1-9(17)8-23-10(2)20-13-4-3-12(21-15(13)23)11-5-6-24-14(11)7-19-16(18)22-24/h3-7,9H,8H2,1-2H3,(H2,18,22). The van der Waals surface area contributed by atoms with Crippen molar-refractivity contribution in [3.05, 3.63) is 36.4 Å². The lowest BCUT2D eigenvalue weighted by Gasteiger charge is -2.07. The number of hydrogen-bond acceptors (Lipinski definition) is 5. The molecule has 0 aromatic carbocycles. The third kappa shape index (κ3) is 2.27. The molecule has 0 fully saturated rings. The first-order valence-corrected chi connectivity index (χ1v) is 7.61. The Morgan fingerprint density at radius 1 is 1.25 bits per heavy atom. The van der Waals surface area contributed by atoms with Crippen LogP contribution in [0.4, 0.5) is 10.3 Å². The van der Waals surface area contributed by atoms with Gasteiger partial charge in [0.05, 0.1) is 24.0 Å². The fourth-order valence-electron chi connectivity index (χ4n) is 2.87. The molecular formula is C16H16FN7. The summed E-state index contributed by atoms with van der Waals surface area (Å²) in [5.74, 6) is 0.954. The van der Waals surface area contributed by atoms with E-state index in [2.05, 4.69) is 15.1 Å². The second-order valence-corrected chi connectivity index (χ2v) is 5.77. The molecule has 1 unspecified atom stereocenters. The summed E-state index contributed by atoms with van der Waals surface area (Å²) in [5.41, 5.74) is 9.48. The zero-order chi connectivity index (χ0) is 16.8. The number of nitrogen functional groups attached to an aromatic ring is 1. The highest BCUT2D eigenvalue weighted by Gasteiger charge is 2.14. The number of hydrogen-bond donors (Lipinski definition) is 1. The molecule has 4 aromatic heterocycles. The van der Waals surface area contributed by atoms with E-state index in [9.17, 15) is 4.39 Å². The Labute approximate surface area is 137 Å². The molecule has 0 saturated heterocycles. The third-order valence-electron chi connectivity index (χ3n) is 3.93. The van der Waals surface area contributed by atoms with Crippen LogP contribution in [-0.4, -0.2) is 35.3 Å². The number of nitrogens with two attached hydrogens (primary N) is 1. The average Bonchev–Trinajstić information content (AvgIpc) is 3.08. The molecule has 7 nitrogen and oxygen atoms in total. The molecular weight excluding hydrogens is 309 g/mol. The number of aryl methyl sites for hydroxylation is 1. The first kappa shape index (κ1) is 14.6. The Morgan fingerprint density at radius 2 is 2.08 bits per heavy atom. The molecule has 4 aromatic rings. The highest BCUT2D eigenvalue weighted by Crippen LogP contribution is 2.26. The summed E-state index contributed by atoms with van der Waals surface area (Å²) in [5, 5.41) is 4.13. The number of aromatic nitrogens is 6. The van der Waals surface area contributed by atoms with Gasteiger partial charge in [0.1, 0.15) is 17.5 Å². The van der Waals surface area contributed by atoms with Crippen LogP contribution >= 0.6 is 0 Å². The van der Waals surface area contributed by atoms with Crippen molar-refractivity contribution in [1.82, 2.24) is 29.1 Å². The Kier molecular flexibility index (Phi) is 3.19. The Bertz CT molecular complexity index is 1050. The van der Waals surface area contributed by atoms with Gasteiger partial charge in [-0.2, -0.15) is 0 Å². The summed E-state index contributed by atoms with van der Waals surface area (Å²) < 4.78 is 16.9. The lowest BCUT2D eigenvalue weighted by molar-refractivity contribution is 0.321. The SMILES string of the molecule is Cc1nc2ccc(-c3ccn4nc(N)ncc34)nc2n1CC(C)F. The molecule has 0 amide bonds. The van der Waals surface area contributed by atoms with Gasteiger partial charge in [0.2, 0.25) is 5.95 Å². The van der Waals surface area contributed by atoms with Crippen LogP contribution in [0.2, 0.25) is 0 Å². The van der Waals surface area contributed by atoms with Crippen molar-refractivity contribution >= 4 is 22.6 Å². The maximum Gasteiger partial charge on any atom is 0.238 e. The second kappa shape index (κ2) is 5.26. The number of rotatable bonds is 3. The second-order valence-electron chi connectivity index (χ2n) is 5.77. The molecule has 8 heteroatoms. The van der Waals surface area contributed by atoms with Crippen molar-refractivity contribution in [2.45, 2.75) is 26.6 Å². The fourth-order valence-corrected chi connectivity index (χ4v) is 2.87. The maximum absolute atomic E-state index is 13.5. The summed E-state index contributed by atoms with van der Waals surface area (Å²) in [6.45, 7) is 3.61. The molecule has 0 aliphatic carbocycles. The molecule has 0 bridgehead atoms. The summed E-state index contributed by atoms with van der Waals surface area (Å²) in [4.78, 5) is 13.2. The fraction of sp³-hybridized carbons (Fsp3) is 0.250. The minimum Gasteiger partial charge on any atom is -0.367 e. The zero-order valence-corrected chi connectivity index (χ0v) is 13.3. The molecule has 0 saturated carbocycles. The van der Waals surface area contributed by atoms with Crippen molar-refractivity contribution < 1.29 is 4.39 Å². The van der Waals surface area contributed by atoms with E-state index < -0.39 is 6.17 Å². The van der Waals surface area contributed by atoms with Crippen LogP contribution in [0.1, 0.15) is 12.7 Å². The number of nitrogens with zero attached hydrogens (tertiary/aromatic N) is 6. The van der Waals surface area contributed by atoms with Crippen LogP contribution in [0.25, 0.3) is 27.9 Å². The number of fused-ring (bicyclic) bond motifs is 2. The van der Waals surface area contributed by atoms with E-state index in [4.69, 9.17) is 10.7 Å². The molecule has 0 aliphatic heterocycles. The van der Waals surface area contributed by atoms with Crippen molar-refractivity contribution in [1.29, 1.82) is 0 Å². The molecule has 0 aliphatic rings. The van der Waals surface area contributed by atoms with E-state index in [0.717, 1.165) is 28.1 Å². The third-order valence-corrected chi connectivity index (χ3v) is 3.93. The number of alkyl halides is 1. The monoisotopic (exact) mass is 325 g/mol. The highest BCUT2D eigenvalue weighted by molar-refractivity contribution is 5.82. The Hall–Kier alpha value is -3.03. The van der Waals surface area contributed by atoms with Gasteiger partial charge >= 0.3 is 0 Å². The van der Waals surface area contributed by atoms with E-state index in [1.807, 2.05) is 25.1 Å². The van der Waals surface area contributed by atoms with Gasteiger partial charge < -0.3 is 10.3 Å². The molecule has 4 heterocycles. The topological polar surface area (TPSA) is 86.9 Å². The van der Waals surface area contributed by atoms with Crippen molar-refractivity contribution in [3.8, 4) is 11.3 Å². The zero-order valence-electron chi connectivity index (χ0n) is 13.3. The minimum absolute atomic E-state index is 0.207. The number of imidazole rings is 1. The van der Waals surface area contributed by atoms with Crippen LogP contribution < -0.4 is 5.73 Å². The van der Waals surface area contributed by atoms with E-state index in [0.29, 0.717) is 5.65 Å². The van der Waals surface area contributed by atoms with Gasteiger partial charge in [0.15, 0.2) is 5.65 Å². The van der Waals surface area contributed by atoms with Crippen LogP contribution in [0.3, 0.4) is 0 Å². The Balaban J connectivity index is 1.90. The molecule has 122 valence electrons. The normalized spacial score (nSPS) is 13.0. The predicted octanol–water partition coefficient (Wildman–Crippen LogP) is 2.39. The quantitative estimate of drug-likeness (QED) is 0.625. The van der Waals surface area contributed by atoms with Gasteiger partial charge in [-0.25, -0.2) is 23.9 Å². The van der Waals surface area contributed by atoms with Gasteiger partial charge in [-0.1, -0.05) is 0 Å². The number of pyridine rings is 1. The molecule has 0 radical (unpaired) electrons. The lowest BCUT2D eigenvalue weighted by atomic mass is 10.2. The Morgan fingerprint density at radius 3 is 2.88 bits per heavy atom. The first-order valence-electron chi connectivity index (χ1n) is 7.61. The van der Waals surface area contributed by atoms with Gasteiger partial charge in [0.25, 0.3) is 0 Å². The van der Waals surface area contributed by atoms with Crippen molar-refractivity contribution in [2.75, 3.05) is 5.73 Å². The van der Waals surface area contributed by atoms with E-state index in [1.54, 1.807) is 21.5 Å². The first-order chi connectivity index (χ1) is 11.5. The van der Waals surface area contributed by atoms with Crippen LogP contribution in [0, 0.1) is 6.92 Å². The predicted molar refractivity (Wildman–Crippen MR) is 89.2 cm³/mol. The summed E-state index contributed by atoms with van der Waals surface area (Å²) in [7, 11) is 0. The summed E-state index contributed by atoms with van der Waals surface area (Å²) in [6.07, 6.45) is 2.49. The van der Waals surface area contributed by atoms with Crippen molar-refractivity contribution in [3.63, 3.8) is 0 Å². The molecule has 4 rings (SSSR count).